The van der Waals surface area contributed by atoms with Gasteiger partial charge in [0.05, 0.1) is 23.4 Å². The molecule has 2 heterocycles. The Hall–Kier alpha value is -3.19. The topological polar surface area (TPSA) is 77.3 Å². The molecule has 0 N–H and O–H groups in total. The Labute approximate surface area is 173 Å². The first kappa shape index (κ1) is 20.5. The molecule has 0 fully saturated rings. The molecule has 0 bridgehead atoms. The third-order valence-corrected chi connectivity index (χ3v) is 4.71. The quantitative estimate of drug-likeness (QED) is 0.598. The fourth-order valence-corrected chi connectivity index (χ4v) is 3.14. The number of hydrogen-bond acceptors (Lipinski definition) is 5. The first-order valence-corrected chi connectivity index (χ1v) is 9.31. The third-order valence-electron chi connectivity index (χ3n) is 4.40. The summed E-state index contributed by atoms with van der Waals surface area (Å²) in [5.41, 5.74) is 3.24. The molecule has 7 nitrogen and oxygen atoms in total. The highest BCUT2D eigenvalue weighted by Crippen LogP contribution is 2.20. The van der Waals surface area contributed by atoms with Gasteiger partial charge in [-0.1, -0.05) is 23.7 Å². The van der Waals surface area contributed by atoms with Gasteiger partial charge in [-0.25, -0.2) is 14.5 Å². The van der Waals surface area contributed by atoms with E-state index >= 15 is 0 Å². The van der Waals surface area contributed by atoms with Gasteiger partial charge in [0, 0.05) is 19.3 Å². The molecule has 0 atom stereocenters. The van der Waals surface area contributed by atoms with Crippen molar-refractivity contribution in [3.05, 3.63) is 75.7 Å². The number of carbonyl (C=O) groups excluding carboxylic acids is 2. The van der Waals surface area contributed by atoms with E-state index in [4.69, 9.17) is 16.3 Å². The van der Waals surface area contributed by atoms with Crippen molar-refractivity contribution in [3.8, 4) is 5.82 Å². The van der Waals surface area contributed by atoms with Gasteiger partial charge in [0.1, 0.15) is 5.69 Å². The van der Waals surface area contributed by atoms with Crippen molar-refractivity contribution in [1.82, 2.24) is 19.7 Å². The molecule has 0 aliphatic carbocycles. The summed E-state index contributed by atoms with van der Waals surface area (Å²) >= 11 is 6.25. The lowest BCUT2D eigenvalue weighted by Crippen LogP contribution is -2.27. The number of esters is 1. The molecule has 3 rings (SSSR count). The van der Waals surface area contributed by atoms with Crippen LogP contribution in [0.1, 0.15) is 37.8 Å². The number of aromatic nitrogens is 3. The van der Waals surface area contributed by atoms with Gasteiger partial charge in [-0.15, -0.1) is 0 Å². The number of aryl methyl sites for hydroxylation is 2. The van der Waals surface area contributed by atoms with E-state index < -0.39 is 5.97 Å². The lowest BCUT2D eigenvalue weighted by Gasteiger charge is -2.18. The second-order valence-corrected chi connectivity index (χ2v) is 7.10. The number of methoxy groups -OCH3 is 1. The van der Waals surface area contributed by atoms with E-state index in [-0.39, 0.29) is 16.6 Å². The summed E-state index contributed by atoms with van der Waals surface area (Å²) in [6.45, 7) is 4.15. The van der Waals surface area contributed by atoms with Crippen molar-refractivity contribution in [2.45, 2.75) is 20.4 Å². The fraction of sp³-hybridized carbons (Fsp3) is 0.238. The Kier molecular flexibility index (Phi) is 5.98. The maximum absolute atomic E-state index is 12.9. The number of hydrogen-bond donors (Lipinski definition) is 0. The van der Waals surface area contributed by atoms with Crippen molar-refractivity contribution in [3.63, 3.8) is 0 Å². The molecule has 0 unspecified atom stereocenters. The monoisotopic (exact) mass is 412 g/mol. The average molecular weight is 413 g/mol. The molecule has 2 aromatic heterocycles. The maximum Gasteiger partial charge on any atom is 0.337 e. The summed E-state index contributed by atoms with van der Waals surface area (Å²) in [7, 11) is 3.00. The van der Waals surface area contributed by atoms with Gasteiger partial charge in [-0.3, -0.25) is 4.79 Å². The zero-order valence-corrected chi connectivity index (χ0v) is 17.4. The van der Waals surface area contributed by atoms with Crippen LogP contribution in [0.15, 0.2) is 42.5 Å². The first-order valence-electron chi connectivity index (χ1n) is 8.93. The first-order chi connectivity index (χ1) is 13.8. The number of ether oxygens (including phenoxy) is 1. The standard InChI is InChI=1S/C21H21ClN4O3/c1-13-11-14(2)26(24-13)18-10-9-17(22)19(23-18)20(27)25(3)12-15-5-7-16(8-6-15)21(28)29-4/h5-11H,12H2,1-4H3. The number of benzene rings is 1. The van der Waals surface area contributed by atoms with Crippen LogP contribution in [0, 0.1) is 13.8 Å². The molecular formula is C21H21ClN4O3. The van der Waals surface area contributed by atoms with Crippen LogP contribution in [0.25, 0.3) is 5.82 Å². The minimum atomic E-state index is -0.405. The van der Waals surface area contributed by atoms with Crippen LogP contribution in [-0.4, -0.2) is 45.7 Å². The van der Waals surface area contributed by atoms with Crippen molar-refractivity contribution in [1.29, 1.82) is 0 Å². The van der Waals surface area contributed by atoms with E-state index in [1.807, 2.05) is 19.9 Å². The summed E-state index contributed by atoms with van der Waals surface area (Å²) in [6.07, 6.45) is 0. The van der Waals surface area contributed by atoms with E-state index in [0.29, 0.717) is 17.9 Å². The predicted molar refractivity (Wildman–Crippen MR) is 109 cm³/mol. The van der Waals surface area contributed by atoms with E-state index in [0.717, 1.165) is 17.0 Å². The lowest BCUT2D eigenvalue weighted by atomic mass is 10.1. The van der Waals surface area contributed by atoms with Gasteiger partial charge in [0.15, 0.2) is 5.82 Å². The lowest BCUT2D eigenvalue weighted by molar-refractivity contribution is 0.0600. The Bertz CT molecular complexity index is 1060. The molecule has 0 radical (unpaired) electrons. The van der Waals surface area contributed by atoms with Gasteiger partial charge >= 0.3 is 5.97 Å². The highest BCUT2D eigenvalue weighted by atomic mass is 35.5. The summed E-state index contributed by atoms with van der Waals surface area (Å²) < 4.78 is 6.37. The summed E-state index contributed by atoms with van der Waals surface area (Å²) in [5, 5.41) is 4.67. The molecule has 0 aliphatic heterocycles. The number of nitrogens with zero attached hydrogens (tertiary/aromatic N) is 4. The summed E-state index contributed by atoms with van der Waals surface area (Å²) in [5.74, 6) is -0.187. The number of pyridine rings is 1. The summed E-state index contributed by atoms with van der Waals surface area (Å²) in [6, 6.07) is 12.2. The molecule has 1 amide bonds. The maximum atomic E-state index is 12.9. The van der Waals surface area contributed by atoms with Crippen LogP contribution >= 0.6 is 11.6 Å². The molecule has 8 heteroatoms. The Morgan fingerprint density at radius 1 is 1.14 bits per heavy atom. The van der Waals surface area contributed by atoms with Crippen LogP contribution in [0.3, 0.4) is 0 Å². The van der Waals surface area contributed by atoms with Gasteiger partial charge in [0.25, 0.3) is 5.91 Å². The van der Waals surface area contributed by atoms with Crippen LogP contribution in [0.2, 0.25) is 5.02 Å². The minimum Gasteiger partial charge on any atom is -0.465 e. The van der Waals surface area contributed by atoms with Crippen LogP contribution in [0.4, 0.5) is 0 Å². The van der Waals surface area contributed by atoms with Crippen molar-refractivity contribution in [2.24, 2.45) is 0 Å². The van der Waals surface area contributed by atoms with Gasteiger partial charge in [-0.05, 0) is 49.7 Å². The molecule has 150 valence electrons. The molecule has 0 saturated heterocycles. The molecule has 3 aromatic rings. The Morgan fingerprint density at radius 3 is 2.41 bits per heavy atom. The Balaban J connectivity index is 1.81. The zero-order valence-electron chi connectivity index (χ0n) is 16.6. The van der Waals surface area contributed by atoms with Crippen molar-refractivity contribution < 1.29 is 14.3 Å². The molecular weight excluding hydrogens is 392 g/mol. The van der Waals surface area contributed by atoms with Crippen LogP contribution < -0.4 is 0 Å². The second-order valence-electron chi connectivity index (χ2n) is 6.69. The molecule has 0 spiro atoms. The van der Waals surface area contributed by atoms with Crippen LogP contribution in [0.5, 0.6) is 0 Å². The predicted octanol–water partition coefficient (Wildman–Crippen LogP) is 3.60. The van der Waals surface area contributed by atoms with E-state index in [1.165, 1.54) is 12.0 Å². The smallest absolute Gasteiger partial charge is 0.337 e. The molecule has 0 aliphatic rings. The fourth-order valence-electron chi connectivity index (χ4n) is 2.95. The molecule has 1 aromatic carbocycles. The zero-order chi connectivity index (χ0) is 21.1. The minimum absolute atomic E-state index is 0.158. The van der Waals surface area contributed by atoms with Crippen molar-refractivity contribution >= 4 is 23.5 Å². The number of amides is 1. The van der Waals surface area contributed by atoms with E-state index in [1.54, 1.807) is 48.1 Å². The van der Waals surface area contributed by atoms with Crippen molar-refractivity contribution in [2.75, 3.05) is 14.2 Å². The Morgan fingerprint density at radius 2 is 1.83 bits per heavy atom. The average Bonchev–Trinajstić information content (AvgIpc) is 3.05. The number of halogens is 1. The van der Waals surface area contributed by atoms with E-state index in [9.17, 15) is 9.59 Å². The second kappa shape index (κ2) is 8.45. The largest absolute Gasteiger partial charge is 0.465 e. The van der Waals surface area contributed by atoms with Crippen LogP contribution in [-0.2, 0) is 11.3 Å². The number of rotatable bonds is 5. The highest BCUT2D eigenvalue weighted by molar-refractivity contribution is 6.33. The third kappa shape index (κ3) is 4.46. The number of carbonyl (C=O) groups is 2. The van der Waals surface area contributed by atoms with Gasteiger partial charge < -0.3 is 9.64 Å². The molecule has 0 saturated carbocycles. The normalized spacial score (nSPS) is 10.7. The molecule has 29 heavy (non-hydrogen) atoms. The highest BCUT2D eigenvalue weighted by Gasteiger charge is 2.19. The van der Waals surface area contributed by atoms with Gasteiger partial charge in [0.2, 0.25) is 0 Å². The van der Waals surface area contributed by atoms with Gasteiger partial charge in [-0.2, -0.15) is 5.10 Å². The SMILES string of the molecule is COC(=O)c1ccc(CN(C)C(=O)c2nc(-n3nc(C)cc3C)ccc2Cl)cc1. The summed E-state index contributed by atoms with van der Waals surface area (Å²) in [4.78, 5) is 30.4. The van der Waals surface area contributed by atoms with E-state index in [2.05, 4.69) is 10.1 Å².